The van der Waals surface area contributed by atoms with Gasteiger partial charge in [-0.25, -0.2) is 9.97 Å². The Bertz CT molecular complexity index is 299. The van der Waals surface area contributed by atoms with Crippen LogP contribution >= 0.6 is 0 Å². The van der Waals surface area contributed by atoms with E-state index in [1.807, 2.05) is 6.92 Å². The standard InChI is InChI=1S/C9H12N2O2/c1-3-13-9-5-8(4-7(2)12)10-6-11-9/h5-6H,3-4H2,1-2H3. The summed E-state index contributed by atoms with van der Waals surface area (Å²) in [5.41, 5.74) is 0.700. The molecule has 4 heteroatoms. The molecule has 1 aromatic heterocycles. The third-order valence-corrected chi connectivity index (χ3v) is 1.42. The summed E-state index contributed by atoms with van der Waals surface area (Å²) in [6.07, 6.45) is 1.74. The molecule has 0 aliphatic rings. The number of ketones is 1. The van der Waals surface area contributed by atoms with E-state index in [0.717, 1.165) is 0 Å². The van der Waals surface area contributed by atoms with Gasteiger partial charge in [0.15, 0.2) is 0 Å². The summed E-state index contributed by atoms with van der Waals surface area (Å²) in [4.78, 5) is 18.6. The van der Waals surface area contributed by atoms with E-state index in [1.54, 1.807) is 6.07 Å². The van der Waals surface area contributed by atoms with Crippen molar-refractivity contribution in [1.29, 1.82) is 0 Å². The Balaban J connectivity index is 2.73. The smallest absolute Gasteiger partial charge is 0.216 e. The maximum Gasteiger partial charge on any atom is 0.216 e. The zero-order chi connectivity index (χ0) is 9.68. The number of nitrogens with zero attached hydrogens (tertiary/aromatic N) is 2. The van der Waals surface area contributed by atoms with Crippen molar-refractivity contribution in [2.24, 2.45) is 0 Å². The molecule has 1 aromatic rings. The van der Waals surface area contributed by atoms with Gasteiger partial charge in [0.25, 0.3) is 0 Å². The van der Waals surface area contributed by atoms with Crippen LogP contribution in [-0.2, 0) is 11.2 Å². The van der Waals surface area contributed by atoms with E-state index >= 15 is 0 Å². The van der Waals surface area contributed by atoms with Gasteiger partial charge in [-0.05, 0) is 13.8 Å². The molecule has 0 N–H and O–H groups in total. The number of Topliss-reactive ketones (excluding diaryl/α,β-unsaturated/α-hetero) is 1. The molecule has 4 nitrogen and oxygen atoms in total. The van der Waals surface area contributed by atoms with Crippen molar-refractivity contribution in [2.45, 2.75) is 20.3 Å². The molecule has 13 heavy (non-hydrogen) atoms. The van der Waals surface area contributed by atoms with Gasteiger partial charge >= 0.3 is 0 Å². The first-order chi connectivity index (χ1) is 6.22. The van der Waals surface area contributed by atoms with Gasteiger partial charge in [0.1, 0.15) is 12.1 Å². The zero-order valence-corrected chi connectivity index (χ0v) is 7.78. The second-order valence-corrected chi connectivity index (χ2v) is 2.66. The van der Waals surface area contributed by atoms with Crippen LogP contribution < -0.4 is 4.74 Å². The minimum absolute atomic E-state index is 0.0844. The second kappa shape index (κ2) is 4.54. The van der Waals surface area contributed by atoms with Crippen molar-refractivity contribution in [3.05, 3.63) is 18.1 Å². The average Bonchev–Trinajstić information content (AvgIpc) is 2.04. The highest BCUT2D eigenvalue weighted by atomic mass is 16.5. The van der Waals surface area contributed by atoms with E-state index in [-0.39, 0.29) is 5.78 Å². The van der Waals surface area contributed by atoms with Crippen molar-refractivity contribution < 1.29 is 9.53 Å². The molecular formula is C9H12N2O2. The molecule has 0 aromatic carbocycles. The molecule has 1 rings (SSSR count). The van der Waals surface area contributed by atoms with Crippen LogP contribution in [0.2, 0.25) is 0 Å². The highest BCUT2D eigenvalue weighted by Gasteiger charge is 2.01. The normalized spacial score (nSPS) is 9.69. The molecule has 0 saturated carbocycles. The Morgan fingerprint density at radius 1 is 1.54 bits per heavy atom. The lowest BCUT2D eigenvalue weighted by Gasteiger charge is -2.02. The monoisotopic (exact) mass is 180 g/mol. The molecule has 0 saturated heterocycles. The van der Waals surface area contributed by atoms with Crippen LogP contribution in [0.4, 0.5) is 0 Å². The van der Waals surface area contributed by atoms with Gasteiger partial charge in [-0.1, -0.05) is 0 Å². The number of aromatic nitrogens is 2. The van der Waals surface area contributed by atoms with Gasteiger partial charge in [-0.3, -0.25) is 4.79 Å². The van der Waals surface area contributed by atoms with Crippen molar-refractivity contribution >= 4 is 5.78 Å². The number of hydrogen-bond donors (Lipinski definition) is 0. The van der Waals surface area contributed by atoms with Crippen molar-refractivity contribution in [2.75, 3.05) is 6.61 Å². The number of ether oxygens (including phenoxy) is 1. The van der Waals surface area contributed by atoms with E-state index in [1.165, 1.54) is 13.3 Å². The molecule has 1 heterocycles. The summed E-state index contributed by atoms with van der Waals surface area (Å²) in [5.74, 6) is 0.606. The summed E-state index contributed by atoms with van der Waals surface area (Å²) in [7, 11) is 0. The van der Waals surface area contributed by atoms with Crippen LogP contribution in [0.15, 0.2) is 12.4 Å². The van der Waals surface area contributed by atoms with Crippen molar-refractivity contribution in [1.82, 2.24) is 9.97 Å². The summed E-state index contributed by atoms with van der Waals surface area (Å²) in [5, 5.41) is 0. The number of rotatable bonds is 4. The maximum absolute atomic E-state index is 10.8. The summed E-state index contributed by atoms with van der Waals surface area (Å²) in [6.45, 7) is 3.98. The molecular weight excluding hydrogens is 168 g/mol. The van der Waals surface area contributed by atoms with E-state index in [9.17, 15) is 4.79 Å². The van der Waals surface area contributed by atoms with Crippen LogP contribution in [0.5, 0.6) is 5.88 Å². The predicted octanol–water partition coefficient (Wildman–Crippen LogP) is 1.01. The molecule has 0 fully saturated rings. The van der Waals surface area contributed by atoms with E-state index in [2.05, 4.69) is 9.97 Å². The summed E-state index contributed by atoms with van der Waals surface area (Å²) >= 11 is 0. The minimum atomic E-state index is 0.0844. The average molecular weight is 180 g/mol. The molecule has 0 radical (unpaired) electrons. The fraction of sp³-hybridized carbons (Fsp3) is 0.444. The van der Waals surface area contributed by atoms with Crippen LogP contribution in [0.3, 0.4) is 0 Å². The molecule has 0 atom stereocenters. The Morgan fingerprint density at radius 3 is 2.92 bits per heavy atom. The van der Waals surface area contributed by atoms with Gasteiger partial charge in [0.2, 0.25) is 5.88 Å². The Labute approximate surface area is 77.0 Å². The van der Waals surface area contributed by atoms with Crippen molar-refractivity contribution in [3.8, 4) is 5.88 Å². The molecule has 0 aliphatic carbocycles. The SMILES string of the molecule is CCOc1cc(CC(C)=O)ncn1. The lowest BCUT2D eigenvalue weighted by molar-refractivity contribution is -0.116. The number of carbonyl (C=O) groups excluding carboxylic acids is 1. The predicted molar refractivity (Wildman–Crippen MR) is 47.6 cm³/mol. The fourth-order valence-corrected chi connectivity index (χ4v) is 0.956. The van der Waals surface area contributed by atoms with Gasteiger partial charge in [-0.15, -0.1) is 0 Å². The Morgan fingerprint density at radius 2 is 2.31 bits per heavy atom. The molecule has 0 spiro atoms. The first-order valence-electron chi connectivity index (χ1n) is 4.15. The van der Waals surface area contributed by atoms with Gasteiger partial charge in [0.05, 0.1) is 12.3 Å². The second-order valence-electron chi connectivity index (χ2n) is 2.66. The van der Waals surface area contributed by atoms with Gasteiger partial charge in [-0.2, -0.15) is 0 Å². The van der Waals surface area contributed by atoms with Gasteiger partial charge in [0, 0.05) is 12.5 Å². The third kappa shape index (κ3) is 3.19. The quantitative estimate of drug-likeness (QED) is 0.693. The summed E-state index contributed by atoms with van der Waals surface area (Å²) < 4.78 is 5.17. The topological polar surface area (TPSA) is 52.1 Å². The molecule has 0 aliphatic heterocycles. The van der Waals surface area contributed by atoms with E-state index < -0.39 is 0 Å². The van der Waals surface area contributed by atoms with E-state index in [4.69, 9.17) is 4.74 Å². The first-order valence-corrected chi connectivity index (χ1v) is 4.15. The van der Waals surface area contributed by atoms with Crippen molar-refractivity contribution in [3.63, 3.8) is 0 Å². The largest absolute Gasteiger partial charge is 0.478 e. The Kier molecular flexibility index (Phi) is 3.37. The van der Waals surface area contributed by atoms with Gasteiger partial charge < -0.3 is 4.74 Å². The highest BCUT2D eigenvalue weighted by Crippen LogP contribution is 2.07. The zero-order valence-electron chi connectivity index (χ0n) is 7.78. The fourth-order valence-electron chi connectivity index (χ4n) is 0.956. The molecule has 0 unspecified atom stereocenters. The lowest BCUT2D eigenvalue weighted by atomic mass is 10.2. The minimum Gasteiger partial charge on any atom is -0.478 e. The molecule has 0 bridgehead atoms. The number of carbonyl (C=O) groups is 1. The maximum atomic E-state index is 10.8. The lowest BCUT2D eigenvalue weighted by Crippen LogP contribution is -2.01. The summed E-state index contributed by atoms with van der Waals surface area (Å²) in [6, 6.07) is 1.69. The third-order valence-electron chi connectivity index (χ3n) is 1.42. The number of hydrogen-bond acceptors (Lipinski definition) is 4. The van der Waals surface area contributed by atoms with Crippen LogP contribution in [0.1, 0.15) is 19.5 Å². The molecule has 0 amide bonds. The van der Waals surface area contributed by atoms with E-state index in [0.29, 0.717) is 24.6 Å². The van der Waals surface area contributed by atoms with Crippen LogP contribution in [0.25, 0.3) is 0 Å². The highest BCUT2D eigenvalue weighted by molar-refractivity contribution is 5.77. The first kappa shape index (κ1) is 9.64. The van der Waals surface area contributed by atoms with Crippen LogP contribution in [0, 0.1) is 0 Å². The Hall–Kier alpha value is -1.45. The van der Waals surface area contributed by atoms with Crippen LogP contribution in [-0.4, -0.2) is 22.4 Å². The molecule has 70 valence electrons.